The van der Waals surface area contributed by atoms with Crippen LogP contribution in [-0.2, 0) is 9.16 Å². The van der Waals surface area contributed by atoms with E-state index in [2.05, 4.69) is 28.1 Å². The molecule has 0 aliphatic carbocycles. The van der Waals surface area contributed by atoms with Gasteiger partial charge in [0.15, 0.2) is 0 Å². The molecule has 0 amide bonds. The third kappa shape index (κ3) is 6.03. The van der Waals surface area contributed by atoms with Gasteiger partial charge in [0.05, 0.1) is 6.10 Å². The number of hydrogen-bond donors (Lipinski definition) is 0. The van der Waals surface area contributed by atoms with Crippen LogP contribution in [0.25, 0.3) is 0 Å². The van der Waals surface area contributed by atoms with Crippen LogP contribution in [0.15, 0.2) is 25.3 Å². The molecule has 0 bridgehead atoms. The molecular weight excluding hydrogens is 156 g/mol. The molecule has 11 heavy (non-hydrogen) atoms. The number of rotatable bonds is 7. The summed E-state index contributed by atoms with van der Waals surface area (Å²) in [7, 11) is 2.90. The minimum absolute atomic E-state index is 0.0373. The largest absolute Gasteiger partial charge is 0.419 e. The van der Waals surface area contributed by atoms with Gasteiger partial charge in [-0.3, -0.25) is 0 Å². The molecule has 0 rings (SSSR count). The maximum absolute atomic E-state index is 5.30. The van der Waals surface area contributed by atoms with Crippen molar-refractivity contribution in [1.82, 2.24) is 0 Å². The number of ether oxygens (including phenoxy) is 1. The fraction of sp³-hybridized carbons (Fsp3) is 0.500. The summed E-state index contributed by atoms with van der Waals surface area (Å²) in [6.07, 6.45) is 4.25. The van der Waals surface area contributed by atoms with Crippen LogP contribution in [0.4, 0.5) is 0 Å². The zero-order valence-electron chi connectivity index (χ0n) is 6.58. The Hall–Kier alpha value is -0.383. The van der Waals surface area contributed by atoms with E-state index >= 15 is 0 Å². The summed E-state index contributed by atoms with van der Waals surface area (Å²) < 4.78 is 9.97. The SMILES string of the molecule is C=CC(C=C)OCCCO[Si]. The van der Waals surface area contributed by atoms with Crippen LogP contribution in [0.3, 0.4) is 0 Å². The quantitative estimate of drug-likeness (QED) is 0.324. The molecule has 3 radical (unpaired) electrons. The van der Waals surface area contributed by atoms with Crippen molar-refractivity contribution in [2.45, 2.75) is 12.5 Å². The van der Waals surface area contributed by atoms with Crippen molar-refractivity contribution in [2.24, 2.45) is 0 Å². The maximum atomic E-state index is 5.30. The average Bonchev–Trinajstić information content (AvgIpc) is 2.05. The van der Waals surface area contributed by atoms with Gasteiger partial charge in [-0.15, -0.1) is 13.2 Å². The monoisotopic (exact) mass is 169 g/mol. The van der Waals surface area contributed by atoms with Gasteiger partial charge in [-0.1, -0.05) is 12.2 Å². The Balaban J connectivity index is 3.21. The molecule has 0 aliphatic heterocycles. The van der Waals surface area contributed by atoms with Crippen molar-refractivity contribution in [3.63, 3.8) is 0 Å². The van der Waals surface area contributed by atoms with Gasteiger partial charge in [0.2, 0.25) is 10.5 Å². The summed E-state index contributed by atoms with van der Waals surface area (Å²) in [4.78, 5) is 0. The first kappa shape index (κ1) is 10.6. The van der Waals surface area contributed by atoms with Crippen LogP contribution < -0.4 is 0 Å². The lowest BCUT2D eigenvalue weighted by Gasteiger charge is -2.07. The third-order valence-electron chi connectivity index (χ3n) is 1.17. The van der Waals surface area contributed by atoms with Crippen molar-refractivity contribution in [3.8, 4) is 0 Å². The Bertz CT molecular complexity index is 107. The maximum Gasteiger partial charge on any atom is 0.246 e. The zero-order chi connectivity index (χ0) is 8.53. The Morgan fingerprint density at radius 1 is 1.27 bits per heavy atom. The van der Waals surface area contributed by atoms with Gasteiger partial charge in [-0.25, -0.2) is 0 Å². The van der Waals surface area contributed by atoms with Gasteiger partial charge in [-0.2, -0.15) is 0 Å². The summed E-state index contributed by atoms with van der Waals surface area (Å²) in [5.41, 5.74) is 0. The Morgan fingerprint density at radius 3 is 2.36 bits per heavy atom. The van der Waals surface area contributed by atoms with E-state index in [4.69, 9.17) is 4.74 Å². The molecule has 0 aromatic carbocycles. The second kappa shape index (κ2) is 7.72. The first-order valence-corrected chi connectivity index (χ1v) is 3.91. The molecule has 0 spiro atoms. The van der Waals surface area contributed by atoms with Crippen molar-refractivity contribution in [3.05, 3.63) is 25.3 Å². The molecule has 0 atom stereocenters. The predicted octanol–water partition coefficient (Wildman–Crippen LogP) is 1.23. The first-order valence-electron chi connectivity index (χ1n) is 3.50. The van der Waals surface area contributed by atoms with Crippen molar-refractivity contribution < 1.29 is 9.16 Å². The van der Waals surface area contributed by atoms with Gasteiger partial charge >= 0.3 is 0 Å². The van der Waals surface area contributed by atoms with Crippen LogP contribution in [-0.4, -0.2) is 29.8 Å². The summed E-state index contributed by atoms with van der Waals surface area (Å²) >= 11 is 0. The van der Waals surface area contributed by atoms with E-state index in [-0.39, 0.29) is 6.10 Å². The average molecular weight is 169 g/mol. The molecule has 3 heteroatoms. The third-order valence-corrected chi connectivity index (χ3v) is 1.37. The highest BCUT2D eigenvalue weighted by Gasteiger charge is 1.95. The van der Waals surface area contributed by atoms with Crippen LogP contribution in [0, 0.1) is 0 Å². The van der Waals surface area contributed by atoms with Crippen LogP contribution in [0.2, 0.25) is 0 Å². The van der Waals surface area contributed by atoms with Gasteiger partial charge in [-0.05, 0) is 6.42 Å². The lowest BCUT2D eigenvalue weighted by atomic mass is 10.3. The molecular formula is C8H13O2Si. The van der Waals surface area contributed by atoms with Gasteiger partial charge in [0.25, 0.3) is 0 Å². The molecule has 0 saturated carbocycles. The number of hydrogen-bond acceptors (Lipinski definition) is 2. The first-order chi connectivity index (χ1) is 5.35. The summed E-state index contributed by atoms with van der Waals surface area (Å²) in [5.74, 6) is 0. The van der Waals surface area contributed by atoms with Gasteiger partial charge in [0.1, 0.15) is 0 Å². The standard InChI is InChI=1S/C8H13O2Si/c1-3-8(4-2)9-6-5-7-10-11/h3-4,8H,1-2,5-7H2. The van der Waals surface area contributed by atoms with Crippen LogP contribution in [0.5, 0.6) is 0 Å². The highest BCUT2D eigenvalue weighted by atomic mass is 28.2. The highest BCUT2D eigenvalue weighted by Crippen LogP contribution is 1.95. The fourth-order valence-electron chi connectivity index (χ4n) is 0.583. The van der Waals surface area contributed by atoms with E-state index < -0.39 is 0 Å². The van der Waals surface area contributed by atoms with E-state index in [1.807, 2.05) is 0 Å². The lowest BCUT2D eigenvalue weighted by molar-refractivity contribution is 0.104. The minimum atomic E-state index is -0.0373. The molecule has 2 nitrogen and oxygen atoms in total. The normalized spacial score (nSPS) is 10.0. The zero-order valence-corrected chi connectivity index (χ0v) is 7.58. The van der Waals surface area contributed by atoms with Gasteiger partial charge in [0, 0.05) is 13.2 Å². The molecule has 0 aliphatic rings. The summed E-state index contributed by atoms with van der Waals surface area (Å²) in [6.45, 7) is 8.50. The molecule has 61 valence electrons. The molecule has 0 aromatic heterocycles. The topological polar surface area (TPSA) is 18.5 Å². The fourth-order valence-corrected chi connectivity index (χ4v) is 0.727. The minimum Gasteiger partial charge on any atom is -0.419 e. The van der Waals surface area contributed by atoms with Crippen molar-refractivity contribution in [2.75, 3.05) is 13.2 Å². The predicted molar refractivity (Wildman–Crippen MR) is 46.5 cm³/mol. The van der Waals surface area contributed by atoms with E-state index in [1.54, 1.807) is 12.2 Å². The molecule has 0 heterocycles. The van der Waals surface area contributed by atoms with Crippen LogP contribution >= 0.6 is 0 Å². The van der Waals surface area contributed by atoms with E-state index in [0.29, 0.717) is 13.2 Å². The lowest BCUT2D eigenvalue weighted by Crippen LogP contribution is -2.08. The molecule has 0 N–H and O–H groups in total. The second-order valence-electron chi connectivity index (χ2n) is 2.01. The van der Waals surface area contributed by atoms with Crippen molar-refractivity contribution in [1.29, 1.82) is 0 Å². The highest BCUT2D eigenvalue weighted by molar-refractivity contribution is 5.97. The van der Waals surface area contributed by atoms with E-state index in [0.717, 1.165) is 6.42 Å². The summed E-state index contributed by atoms with van der Waals surface area (Å²) in [5, 5.41) is 0. The second-order valence-corrected chi connectivity index (χ2v) is 2.30. The molecule has 0 aromatic rings. The van der Waals surface area contributed by atoms with E-state index in [9.17, 15) is 0 Å². The smallest absolute Gasteiger partial charge is 0.246 e. The van der Waals surface area contributed by atoms with Crippen molar-refractivity contribution >= 4 is 10.5 Å². The van der Waals surface area contributed by atoms with Crippen LogP contribution in [0.1, 0.15) is 6.42 Å². The Labute approximate surface area is 71.4 Å². The van der Waals surface area contributed by atoms with Gasteiger partial charge < -0.3 is 9.16 Å². The Morgan fingerprint density at radius 2 is 1.91 bits per heavy atom. The molecule has 0 saturated heterocycles. The Kier molecular flexibility index (Phi) is 7.45. The molecule has 0 fully saturated rings. The molecule has 0 unspecified atom stereocenters. The van der Waals surface area contributed by atoms with E-state index in [1.165, 1.54) is 0 Å². The summed E-state index contributed by atoms with van der Waals surface area (Å²) in [6, 6.07) is 0.